The second-order valence-electron chi connectivity index (χ2n) is 1.48. The minimum atomic E-state index is -0.789. The van der Waals surface area contributed by atoms with Gasteiger partial charge >= 0.3 is 29.6 Å². The van der Waals surface area contributed by atoms with E-state index in [1.165, 1.54) is 0 Å². The Morgan fingerprint density at radius 1 is 1.33 bits per heavy atom. The van der Waals surface area contributed by atoms with Gasteiger partial charge in [-0.25, -0.2) is 0 Å². The fourth-order valence-corrected chi connectivity index (χ4v) is 0.698. The van der Waals surface area contributed by atoms with Crippen molar-refractivity contribution in [2.75, 3.05) is 11.5 Å². The number of thiol groups is 1. The first-order valence-corrected chi connectivity index (χ1v) is 3.48. The summed E-state index contributed by atoms with van der Waals surface area (Å²) in [5.41, 5.74) is 0. The number of aliphatic hydroxyl groups excluding tert-OH is 2. The van der Waals surface area contributed by atoms with E-state index in [-0.39, 0.29) is 41.1 Å². The van der Waals surface area contributed by atoms with Gasteiger partial charge in [0.15, 0.2) is 0 Å². The third kappa shape index (κ3) is 6.04. The Hall–Kier alpha value is 1.62. The van der Waals surface area contributed by atoms with Crippen LogP contribution in [-0.2, 0) is 12.6 Å². The second kappa shape index (κ2) is 7.72. The monoisotopic (exact) mass is 176 g/mol. The zero-order chi connectivity index (χ0) is 6.57. The van der Waals surface area contributed by atoms with Gasteiger partial charge in [0.25, 0.3) is 0 Å². The minimum absolute atomic E-state index is 0. The molecule has 2 N–H and O–H groups in total. The molecule has 0 aliphatic rings. The third-order valence-corrected chi connectivity index (χ3v) is 1.52. The van der Waals surface area contributed by atoms with Crippen LogP contribution in [0, 0.1) is 0 Å². The first-order chi connectivity index (χ1) is 3.72. The van der Waals surface area contributed by atoms with Gasteiger partial charge in [0.1, 0.15) is 0 Å². The Labute approximate surface area is 88.1 Å². The van der Waals surface area contributed by atoms with Gasteiger partial charge in [0.05, 0.1) is 12.2 Å². The molecule has 2 atom stereocenters. The van der Waals surface area contributed by atoms with Crippen molar-refractivity contribution in [3.05, 3.63) is 0 Å². The molecule has 50 valence electrons. The molecule has 0 amide bonds. The summed E-state index contributed by atoms with van der Waals surface area (Å²) in [6.07, 6.45) is -1.56. The Morgan fingerprint density at radius 2 is 1.78 bits per heavy atom. The van der Waals surface area contributed by atoms with Crippen LogP contribution in [-0.4, -0.2) is 33.9 Å². The summed E-state index contributed by atoms with van der Waals surface area (Å²) in [5, 5.41) is 17.5. The van der Waals surface area contributed by atoms with Gasteiger partial charge in [-0.3, -0.25) is 0 Å². The molecule has 0 heterocycles. The molecule has 0 aromatic heterocycles. The maximum Gasteiger partial charge on any atom is 1.00 e. The summed E-state index contributed by atoms with van der Waals surface area (Å²) >= 11 is 8.23. The molecule has 0 fully saturated rings. The molecule has 5 heteroatoms. The van der Waals surface area contributed by atoms with Crippen molar-refractivity contribution in [3.8, 4) is 0 Å². The van der Waals surface area contributed by atoms with Crippen LogP contribution < -0.4 is 29.6 Å². The van der Waals surface area contributed by atoms with Crippen LogP contribution in [0.4, 0.5) is 0 Å². The Morgan fingerprint density at radius 3 is 1.89 bits per heavy atom. The maximum atomic E-state index is 8.73. The van der Waals surface area contributed by atoms with Crippen LogP contribution in [0.3, 0.4) is 0 Å². The van der Waals surface area contributed by atoms with Crippen molar-refractivity contribution in [2.45, 2.75) is 12.2 Å². The summed E-state index contributed by atoms with van der Waals surface area (Å²) in [7, 11) is 0. The Bertz CT molecular complexity index is 56.5. The van der Waals surface area contributed by atoms with E-state index in [9.17, 15) is 0 Å². The van der Waals surface area contributed by atoms with Gasteiger partial charge in [-0.05, 0) is 0 Å². The molecule has 0 saturated heterocycles. The SMILES string of the molecule is OC(C[S-])C(O)CS.[Na+]. The van der Waals surface area contributed by atoms with Crippen LogP contribution in [0.25, 0.3) is 0 Å². The van der Waals surface area contributed by atoms with Crippen molar-refractivity contribution in [2.24, 2.45) is 0 Å². The normalized spacial score (nSPS) is 16.0. The standard InChI is InChI=1S/C4H10O2S2.Na/c5-3(1-7)4(6)2-8;/h3-8H,1-2H2;/q;+1/p-1. The molecule has 0 aliphatic heterocycles. The number of aliphatic hydroxyl groups is 2. The van der Waals surface area contributed by atoms with Crippen LogP contribution in [0.2, 0.25) is 0 Å². The van der Waals surface area contributed by atoms with Crippen LogP contribution in [0.15, 0.2) is 0 Å². The molecule has 0 aliphatic carbocycles. The van der Waals surface area contributed by atoms with E-state index in [0.717, 1.165) is 0 Å². The van der Waals surface area contributed by atoms with Crippen molar-refractivity contribution in [1.29, 1.82) is 0 Å². The van der Waals surface area contributed by atoms with Crippen LogP contribution in [0.5, 0.6) is 0 Å². The zero-order valence-corrected chi connectivity index (χ0v) is 9.03. The number of hydrogen-bond donors (Lipinski definition) is 3. The summed E-state index contributed by atoms with van der Waals surface area (Å²) in [5.74, 6) is 0.430. The molecule has 0 aromatic rings. The van der Waals surface area contributed by atoms with E-state index in [1.54, 1.807) is 0 Å². The Balaban J connectivity index is 0. The van der Waals surface area contributed by atoms with Crippen molar-refractivity contribution in [3.63, 3.8) is 0 Å². The van der Waals surface area contributed by atoms with Gasteiger partial charge < -0.3 is 22.8 Å². The molecular weight excluding hydrogens is 167 g/mol. The minimum Gasteiger partial charge on any atom is -0.790 e. The molecule has 0 radical (unpaired) electrons. The molecular formula is C4H9NaO2S2. The Kier molecular flexibility index (Phi) is 11.4. The van der Waals surface area contributed by atoms with Gasteiger partial charge in [-0.2, -0.15) is 12.6 Å². The van der Waals surface area contributed by atoms with E-state index in [4.69, 9.17) is 10.2 Å². The van der Waals surface area contributed by atoms with Crippen LogP contribution in [0.1, 0.15) is 0 Å². The third-order valence-electron chi connectivity index (χ3n) is 0.802. The van der Waals surface area contributed by atoms with E-state index in [2.05, 4.69) is 25.3 Å². The number of rotatable bonds is 3. The predicted molar refractivity (Wildman–Crippen MR) is 38.1 cm³/mol. The topological polar surface area (TPSA) is 40.5 Å². The molecule has 0 spiro atoms. The fourth-order valence-electron chi connectivity index (χ4n) is 0.233. The molecule has 0 rings (SSSR count). The first kappa shape index (κ1) is 13.2. The zero-order valence-electron chi connectivity index (χ0n) is 5.32. The summed E-state index contributed by atoms with van der Waals surface area (Å²) < 4.78 is 0. The summed E-state index contributed by atoms with van der Waals surface area (Å²) in [6.45, 7) is 0. The van der Waals surface area contributed by atoms with E-state index < -0.39 is 12.2 Å². The first-order valence-electron chi connectivity index (χ1n) is 2.27. The number of hydrogen-bond acceptors (Lipinski definition) is 4. The maximum absolute atomic E-state index is 8.73. The second-order valence-corrected chi connectivity index (χ2v) is 2.18. The van der Waals surface area contributed by atoms with Crippen molar-refractivity contribution < 1.29 is 39.8 Å². The average molecular weight is 176 g/mol. The smallest absolute Gasteiger partial charge is 0.790 e. The van der Waals surface area contributed by atoms with Crippen molar-refractivity contribution in [1.82, 2.24) is 0 Å². The van der Waals surface area contributed by atoms with E-state index in [1.807, 2.05) is 0 Å². The molecule has 2 nitrogen and oxygen atoms in total. The summed E-state index contributed by atoms with van der Waals surface area (Å²) in [4.78, 5) is 0. The molecule has 0 saturated carbocycles. The summed E-state index contributed by atoms with van der Waals surface area (Å²) in [6, 6.07) is 0. The van der Waals surface area contributed by atoms with Gasteiger partial charge in [0.2, 0.25) is 0 Å². The largest absolute Gasteiger partial charge is 1.00 e. The molecule has 9 heavy (non-hydrogen) atoms. The van der Waals surface area contributed by atoms with Gasteiger partial charge in [0, 0.05) is 5.75 Å². The van der Waals surface area contributed by atoms with Gasteiger partial charge in [-0.1, -0.05) is 0 Å². The molecule has 0 aromatic carbocycles. The molecule has 0 bridgehead atoms. The van der Waals surface area contributed by atoms with E-state index in [0.29, 0.717) is 0 Å². The predicted octanol–water partition coefficient (Wildman–Crippen LogP) is -3.81. The quantitative estimate of drug-likeness (QED) is 0.235. The van der Waals surface area contributed by atoms with E-state index >= 15 is 0 Å². The van der Waals surface area contributed by atoms with Crippen LogP contribution >= 0.6 is 12.6 Å². The fraction of sp³-hybridized carbons (Fsp3) is 1.00. The van der Waals surface area contributed by atoms with Gasteiger partial charge in [-0.15, -0.1) is 5.75 Å². The molecule has 2 unspecified atom stereocenters. The average Bonchev–Trinajstić information content (AvgIpc) is 1.84. The van der Waals surface area contributed by atoms with Crippen molar-refractivity contribution >= 4 is 25.3 Å².